The highest BCUT2D eigenvalue weighted by molar-refractivity contribution is 7.91. The molecule has 0 atom stereocenters. The van der Waals surface area contributed by atoms with Crippen molar-refractivity contribution in [2.45, 2.75) is 31.1 Å². The van der Waals surface area contributed by atoms with Crippen LogP contribution in [0.15, 0.2) is 15.7 Å². The van der Waals surface area contributed by atoms with Crippen molar-refractivity contribution in [3.8, 4) is 0 Å². The Hall–Kier alpha value is -1.22. The highest BCUT2D eigenvalue weighted by Gasteiger charge is 2.18. The van der Waals surface area contributed by atoms with Gasteiger partial charge < -0.3 is 5.32 Å². The molecule has 2 N–H and O–H groups in total. The number of thiophene rings is 1. The molecule has 0 amide bonds. The fourth-order valence-electron chi connectivity index (χ4n) is 2.10. The lowest BCUT2D eigenvalue weighted by Crippen LogP contribution is -2.23. The molecule has 2 aromatic rings. The summed E-state index contributed by atoms with van der Waals surface area (Å²) in [5.41, 5.74) is 3.71. The molecule has 2 rings (SSSR count). The maximum atomic E-state index is 12.3. The monoisotopic (exact) mass is 328 g/mol. The summed E-state index contributed by atoms with van der Waals surface area (Å²) in [6.07, 6.45) is 0. The molecule has 0 bridgehead atoms. The summed E-state index contributed by atoms with van der Waals surface area (Å²) < 4.78 is 29.4. The van der Waals surface area contributed by atoms with Crippen LogP contribution in [0.5, 0.6) is 0 Å². The van der Waals surface area contributed by atoms with Crippen LogP contribution in [-0.2, 0) is 30.2 Å². The summed E-state index contributed by atoms with van der Waals surface area (Å²) in [4.78, 5) is 0. The Morgan fingerprint density at radius 3 is 2.62 bits per heavy atom. The average Bonchev–Trinajstić information content (AvgIpc) is 2.96. The zero-order chi connectivity index (χ0) is 15.6. The molecule has 0 saturated heterocycles. The van der Waals surface area contributed by atoms with Crippen LogP contribution in [0.2, 0.25) is 0 Å². The van der Waals surface area contributed by atoms with Crippen LogP contribution >= 0.6 is 11.3 Å². The van der Waals surface area contributed by atoms with E-state index in [9.17, 15) is 8.42 Å². The molecular weight excluding hydrogens is 308 g/mol. The zero-order valence-electron chi connectivity index (χ0n) is 12.6. The van der Waals surface area contributed by atoms with E-state index < -0.39 is 10.0 Å². The lowest BCUT2D eigenvalue weighted by atomic mass is 10.2. The SMILES string of the molecule is CNCc1csc(S(=O)(=O)NCc2c(C)nn(C)c2C)c1. The van der Waals surface area contributed by atoms with Gasteiger partial charge in [-0.1, -0.05) is 0 Å². The van der Waals surface area contributed by atoms with E-state index in [1.54, 1.807) is 10.7 Å². The van der Waals surface area contributed by atoms with Crippen molar-refractivity contribution in [1.29, 1.82) is 0 Å². The van der Waals surface area contributed by atoms with Crippen molar-refractivity contribution in [2.75, 3.05) is 7.05 Å². The molecule has 0 radical (unpaired) electrons. The molecule has 0 unspecified atom stereocenters. The van der Waals surface area contributed by atoms with Gasteiger partial charge in [0, 0.05) is 31.4 Å². The van der Waals surface area contributed by atoms with Crippen LogP contribution in [-0.4, -0.2) is 25.2 Å². The number of aromatic nitrogens is 2. The molecule has 0 spiro atoms. The quantitative estimate of drug-likeness (QED) is 0.838. The summed E-state index contributed by atoms with van der Waals surface area (Å²) in [6, 6.07) is 1.70. The second-order valence-electron chi connectivity index (χ2n) is 4.90. The van der Waals surface area contributed by atoms with Crippen molar-refractivity contribution in [1.82, 2.24) is 19.8 Å². The van der Waals surface area contributed by atoms with E-state index in [2.05, 4.69) is 15.1 Å². The summed E-state index contributed by atoms with van der Waals surface area (Å²) in [7, 11) is 0.206. The fraction of sp³-hybridized carbons (Fsp3) is 0.462. The first-order valence-electron chi connectivity index (χ1n) is 6.56. The van der Waals surface area contributed by atoms with Gasteiger partial charge in [0.15, 0.2) is 0 Å². The van der Waals surface area contributed by atoms with Gasteiger partial charge in [0.1, 0.15) is 4.21 Å². The number of nitrogens with one attached hydrogen (secondary N) is 2. The fourth-order valence-corrected chi connectivity index (χ4v) is 4.35. The van der Waals surface area contributed by atoms with E-state index in [1.165, 1.54) is 11.3 Å². The second-order valence-corrected chi connectivity index (χ2v) is 7.81. The van der Waals surface area contributed by atoms with Gasteiger partial charge in [-0.15, -0.1) is 11.3 Å². The minimum Gasteiger partial charge on any atom is -0.316 e. The van der Waals surface area contributed by atoms with E-state index in [0.717, 1.165) is 22.5 Å². The molecule has 0 saturated carbocycles. The van der Waals surface area contributed by atoms with Gasteiger partial charge >= 0.3 is 0 Å². The topological polar surface area (TPSA) is 76.0 Å². The third-order valence-corrected chi connectivity index (χ3v) is 6.26. The van der Waals surface area contributed by atoms with Gasteiger partial charge in [-0.3, -0.25) is 4.68 Å². The maximum absolute atomic E-state index is 12.3. The van der Waals surface area contributed by atoms with Crippen LogP contribution in [0, 0.1) is 13.8 Å². The number of hydrogen-bond donors (Lipinski definition) is 2. The van der Waals surface area contributed by atoms with E-state index in [0.29, 0.717) is 10.8 Å². The van der Waals surface area contributed by atoms with E-state index in [-0.39, 0.29) is 6.54 Å². The third kappa shape index (κ3) is 3.52. The Balaban J connectivity index is 2.13. The molecule has 2 aromatic heterocycles. The lowest BCUT2D eigenvalue weighted by molar-refractivity contribution is 0.583. The number of sulfonamides is 1. The smallest absolute Gasteiger partial charge is 0.250 e. The molecule has 8 heteroatoms. The van der Waals surface area contributed by atoms with E-state index in [1.807, 2.05) is 33.3 Å². The Kier molecular flexibility index (Phi) is 4.82. The summed E-state index contributed by atoms with van der Waals surface area (Å²) >= 11 is 1.23. The largest absolute Gasteiger partial charge is 0.316 e. The Bertz CT molecular complexity index is 731. The van der Waals surface area contributed by atoms with Crippen molar-refractivity contribution >= 4 is 21.4 Å². The highest BCUT2D eigenvalue weighted by atomic mass is 32.2. The summed E-state index contributed by atoms with van der Waals surface area (Å²) in [5, 5.41) is 9.15. The van der Waals surface area contributed by atoms with Gasteiger partial charge in [0.05, 0.1) is 5.69 Å². The number of hydrogen-bond acceptors (Lipinski definition) is 5. The second kappa shape index (κ2) is 6.27. The predicted molar refractivity (Wildman–Crippen MR) is 83.8 cm³/mol. The molecule has 6 nitrogen and oxygen atoms in total. The Morgan fingerprint density at radius 1 is 1.33 bits per heavy atom. The normalized spacial score (nSPS) is 12.0. The standard InChI is InChI=1S/C13H20N4O2S2/c1-9-12(10(2)17(4)16-9)7-15-21(18,19)13-5-11(6-14-3)8-20-13/h5,8,14-15H,6-7H2,1-4H3. The number of aryl methyl sites for hydroxylation is 2. The molecular formula is C13H20N4O2S2. The molecule has 0 aliphatic carbocycles. The highest BCUT2D eigenvalue weighted by Crippen LogP contribution is 2.21. The Labute approximate surface area is 129 Å². The minimum absolute atomic E-state index is 0.257. The molecule has 0 aromatic carbocycles. The molecule has 0 aliphatic heterocycles. The molecule has 2 heterocycles. The molecule has 0 aliphatic rings. The molecule has 116 valence electrons. The van der Waals surface area contributed by atoms with E-state index >= 15 is 0 Å². The lowest BCUT2D eigenvalue weighted by Gasteiger charge is -2.05. The Morgan fingerprint density at radius 2 is 2.05 bits per heavy atom. The van der Waals surface area contributed by atoms with E-state index in [4.69, 9.17) is 0 Å². The van der Waals surface area contributed by atoms with Crippen molar-refractivity contribution in [3.05, 3.63) is 34.0 Å². The number of nitrogens with zero attached hydrogens (tertiary/aromatic N) is 2. The van der Waals surface area contributed by atoms with Gasteiger partial charge in [0.2, 0.25) is 10.0 Å². The zero-order valence-corrected chi connectivity index (χ0v) is 14.2. The first kappa shape index (κ1) is 16.2. The van der Waals surface area contributed by atoms with Gasteiger partial charge in [0.25, 0.3) is 0 Å². The first-order chi connectivity index (χ1) is 9.85. The van der Waals surface area contributed by atoms with Crippen molar-refractivity contribution < 1.29 is 8.42 Å². The predicted octanol–water partition coefficient (Wildman–Crippen LogP) is 1.30. The first-order valence-corrected chi connectivity index (χ1v) is 8.92. The van der Waals surface area contributed by atoms with Gasteiger partial charge in [-0.25, -0.2) is 13.1 Å². The van der Waals surface area contributed by atoms with Crippen molar-refractivity contribution in [2.24, 2.45) is 7.05 Å². The molecule has 21 heavy (non-hydrogen) atoms. The third-order valence-electron chi connectivity index (χ3n) is 3.37. The summed E-state index contributed by atoms with van der Waals surface area (Å²) in [5.74, 6) is 0. The van der Waals surface area contributed by atoms with Crippen LogP contribution in [0.4, 0.5) is 0 Å². The van der Waals surface area contributed by atoms with Gasteiger partial charge in [-0.2, -0.15) is 5.10 Å². The van der Waals surface area contributed by atoms with Gasteiger partial charge in [-0.05, 0) is 37.9 Å². The minimum atomic E-state index is -3.48. The average molecular weight is 328 g/mol. The summed E-state index contributed by atoms with van der Waals surface area (Å²) in [6.45, 7) is 4.73. The van der Waals surface area contributed by atoms with Crippen LogP contribution in [0.3, 0.4) is 0 Å². The molecule has 0 fully saturated rings. The van der Waals surface area contributed by atoms with Crippen LogP contribution in [0.25, 0.3) is 0 Å². The van der Waals surface area contributed by atoms with Crippen molar-refractivity contribution in [3.63, 3.8) is 0 Å². The van der Waals surface area contributed by atoms with Crippen LogP contribution < -0.4 is 10.0 Å². The van der Waals surface area contributed by atoms with Crippen LogP contribution in [0.1, 0.15) is 22.5 Å². The number of rotatable bonds is 6. The maximum Gasteiger partial charge on any atom is 0.250 e.